The number of benzene rings is 1. The summed E-state index contributed by atoms with van der Waals surface area (Å²) in [6, 6.07) is 7.93. The number of nitrogens with one attached hydrogen (secondary N) is 1. The molecule has 3 aromatic rings. The van der Waals surface area contributed by atoms with Gasteiger partial charge in [0.15, 0.2) is 4.96 Å². The van der Waals surface area contributed by atoms with Crippen LogP contribution in [0.25, 0.3) is 4.96 Å². The first-order chi connectivity index (χ1) is 12.2. The van der Waals surface area contributed by atoms with Crippen molar-refractivity contribution >= 4 is 27.9 Å². The minimum atomic E-state index is -0.163. The van der Waals surface area contributed by atoms with E-state index >= 15 is 0 Å². The molecular weight excluding hydrogens is 336 g/mol. The Morgan fingerprint density at radius 1 is 1.28 bits per heavy atom. The smallest absolute Gasteiger partial charge is 0.274 e. The number of nitrogens with zero attached hydrogens (tertiary/aromatic N) is 3. The van der Waals surface area contributed by atoms with Crippen LogP contribution in [0.15, 0.2) is 42.0 Å². The van der Waals surface area contributed by atoms with Crippen LogP contribution in [0.3, 0.4) is 0 Å². The summed E-state index contributed by atoms with van der Waals surface area (Å²) in [7, 11) is 0. The van der Waals surface area contributed by atoms with Gasteiger partial charge in [-0.1, -0.05) is 12.1 Å². The van der Waals surface area contributed by atoms with E-state index in [4.69, 9.17) is 0 Å². The second-order valence-electron chi connectivity index (χ2n) is 6.36. The van der Waals surface area contributed by atoms with Gasteiger partial charge in [0.2, 0.25) is 0 Å². The molecule has 1 aliphatic heterocycles. The SMILES string of the molecule is O=C(Nc1ccc(CN2CCC(O)CC2)cc1)c1cnc2sccn12. The lowest BCUT2D eigenvalue weighted by molar-refractivity contribution is 0.0792. The lowest BCUT2D eigenvalue weighted by Crippen LogP contribution is -2.35. The summed E-state index contributed by atoms with van der Waals surface area (Å²) >= 11 is 1.50. The Kier molecular flexibility index (Phi) is 4.52. The summed E-state index contributed by atoms with van der Waals surface area (Å²) in [5.41, 5.74) is 2.51. The van der Waals surface area contributed by atoms with E-state index < -0.39 is 0 Å². The molecule has 1 fully saturated rings. The standard InChI is InChI=1S/C18H20N4O2S/c23-15-5-7-21(8-6-15)12-13-1-3-14(4-2-13)20-17(24)16-11-19-18-22(16)9-10-25-18/h1-4,9-11,15,23H,5-8,12H2,(H,20,24). The Labute approximate surface area is 149 Å². The van der Waals surface area contributed by atoms with Crippen molar-refractivity contribution < 1.29 is 9.90 Å². The van der Waals surface area contributed by atoms with Crippen molar-refractivity contribution in [3.63, 3.8) is 0 Å². The number of fused-ring (bicyclic) bond motifs is 1. The summed E-state index contributed by atoms with van der Waals surface area (Å²) in [5.74, 6) is -0.163. The second kappa shape index (κ2) is 6.95. The highest BCUT2D eigenvalue weighted by molar-refractivity contribution is 7.15. The van der Waals surface area contributed by atoms with Gasteiger partial charge >= 0.3 is 0 Å². The van der Waals surface area contributed by atoms with Crippen LogP contribution < -0.4 is 5.32 Å². The van der Waals surface area contributed by atoms with E-state index in [0.717, 1.165) is 43.1 Å². The highest BCUT2D eigenvalue weighted by Gasteiger charge is 2.17. The Balaban J connectivity index is 1.39. The van der Waals surface area contributed by atoms with Crippen LogP contribution in [0.5, 0.6) is 0 Å². The molecule has 0 saturated carbocycles. The maximum Gasteiger partial charge on any atom is 0.274 e. The summed E-state index contributed by atoms with van der Waals surface area (Å²) in [6.07, 6.45) is 4.99. The fraction of sp³-hybridized carbons (Fsp3) is 0.333. The molecule has 1 amide bonds. The lowest BCUT2D eigenvalue weighted by Gasteiger charge is -2.29. The van der Waals surface area contributed by atoms with Crippen LogP contribution in [0.1, 0.15) is 28.9 Å². The Morgan fingerprint density at radius 2 is 2.04 bits per heavy atom. The predicted molar refractivity (Wildman–Crippen MR) is 98.0 cm³/mol. The minimum Gasteiger partial charge on any atom is -0.393 e. The number of carbonyl (C=O) groups excluding carboxylic acids is 1. The van der Waals surface area contributed by atoms with Gasteiger partial charge in [-0.3, -0.25) is 14.1 Å². The monoisotopic (exact) mass is 356 g/mol. The fourth-order valence-electron chi connectivity index (χ4n) is 3.12. The van der Waals surface area contributed by atoms with Crippen molar-refractivity contribution in [1.29, 1.82) is 0 Å². The quantitative estimate of drug-likeness (QED) is 0.754. The van der Waals surface area contributed by atoms with Crippen molar-refractivity contribution in [2.45, 2.75) is 25.5 Å². The first kappa shape index (κ1) is 16.3. The molecule has 0 unspecified atom stereocenters. The van der Waals surface area contributed by atoms with E-state index in [0.29, 0.717) is 5.69 Å². The van der Waals surface area contributed by atoms with E-state index in [1.807, 2.05) is 35.8 Å². The maximum atomic E-state index is 12.4. The zero-order valence-electron chi connectivity index (χ0n) is 13.8. The number of carbonyl (C=O) groups is 1. The van der Waals surface area contributed by atoms with Gasteiger partial charge in [-0.05, 0) is 30.5 Å². The van der Waals surface area contributed by atoms with Crippen molar-refractivity contribution in [1.82, 2.24) is 14.3 Å². The Bertz CT molecular complexity index is 863. The van der Waals surface area contributed by atoms with Gasteiger partial charge in [0.1, 0.15) is 5.69 Å². The normalized spacial score (nSPS) is 16.4. The first-order valence-corrected chi connectivity index (χ1v) is 9.28. The number of aromatic nitrogens is 2. The van der Waals surface area contributed by atoms with Gasteiger partial charge in [0.25, 0.3) is 5.91 Å². The number of amides is 1. The van der Waals surface area contributed by atoms with Gasteiger partial charge in [-0.25, -0.2) is 4.98 Å². The Hall–Kier alpha value is -2.22. The number of anilines is 1. The zero-order valence-corrected chi connectivity index (χ0v) is 14.6. The van der Waals surface area contributed by atoms with Gasteiger partial charge in [-0.2, -0.15) is 0 Å². The van der Waals surface area contributed by atoms with Gasteiger partial charge in [-0.15, -0.1) is 11.3 Å². The molecule has 0 aliphatic carbocycles. The van der Waals surface area contributed by atoms with Crippen molar-refractivity contribution in [2.24, 2.45) is 0 Å². The van der Waals surface area contributed by atoms with E-state index in [2.05, 4.69) is 15.2 Å². The average Bonchev–Trinajstić information content (AvgIpc) is 3.22. The molecule has 0 bridgehead atoms. The third kappa shape index (κ3) is 3.58. The molecule has 0 spiro atoms. The summed E-state index contributed by atoms with van der Waals surface area (Å²) in [6.45, 7) is 2.73. The minimum absolute atomic E-state index is 0.146. The number of piperidine rings is 1. The summed E-state index contributed by atoms with van der Waals surface area (Å²) < 4.78 is 1.79. The highest BCUT2D eigenvalue weighted by atomic mass is 32.1. The second-order valence-corrected chi connectivity index (χ2v) is 7.23. The van der Waals surface area contributed by atoms with Gasteiger partial charge < -0.3 is 10.4 Å². The molecule has 1 aliphatic rings. The predicted octanol–water partition coefficient (Wildman–Crippen LogP) is 2.60. The number of hydrogen-bond donors (Lipinski definition) is 2. The first-order valence-electron chi connectivity index (χ1n) is 8.40. The zero-order chi connectivity index (χ0) is 17.2. The number of hydrogen-bond acceptors (Lipinski definition) is 5. The van der Waals surface area contributed by atoms with Crippen LogP contribution in [0.4, 0.5) is 5.69 Å². The molecule has 25 heavy (non-hydrogen) atoms. The number of aliphatic hydroxyl groups excluding tert-OH is 1. The Morgan fingerprint density at radius 3 is 2.80 bits per heavy atom. The van der Waals surface area contributed by atoms with Crippen LogP contribution in [-0.2, 0) is 6.54 Å². The van der Waals surface area contributed by atoms with E-state index in [1.165, 1.54) is 16.9 Å². The summed E-state index contributed by atoms with van der Waals surface area (Å²) in [4.78, 5) is 19.8. The average molecular weight is 356 g/mol. The molecule has 130 valence electrons. The molecule has 2 aromatic heterocycles. The molecule has 7 heteroatoms. The highest BCUT2D eigenvalue weighted by Crippen LogP contribution is 2.17. The van der Waals surface area contributed by atoms with Crippen LogP contribution in [-0.4, -0.2) is 44.5 Å². The molecule has 6 nitrogen and oxygen atoms in total. The van der Waals surface area contributed by atoms with E-state index in [9.17, 15) is 9.90 Å². The molecule has 1 saturated heterocycles. The maximum absolute atomic E-state index is 12.4. The molecule has 2 N–H and O–H groups in total. The van der Waals surface area contributed by atoms with Gasteiger partial charge in [0, 0.05) is 36.9 Å². The van der Waals surface area contributed by atoms with Crippen LogP contribution in [0.2, 0.25) is 0 Å². The van der Waals surface area contributed by atoms with E-state index in [1.54, 1.807) is 10.6 Å². The molecular formula is C18H20N4O2S. The number of thiazole rings is 1. The van der Waals surface area contributed by atoms with Gasteiger partial charge in [0.05, 0.1) is 12.3 Å². The third-order valence-corrected chi connectivity index (χ3v) is 5.32. The van der Waals surface area contributed by atoms with Crippen LogP contribution >= 0.6 is 11.3 Å². The molecule has 1 aromatic carbocycles. The molecule has 4 rings (SSSR count). The topological polar surface area (TPSA) is 69.9 Å². The number of aliphatic hydroxyl groups is 1. The third-order valence-electron chi connectivity index (χ3n) is 4.55. The van der Waals surface area contributed by atoms with Crippen molar-refractivity contribution in [3.8, 4) is 0 Å². The number of likely N-dealkylation sites (tertiary alicyclic amines) is 1. The van der Waals surface area contributed by atoms with Crippen LogP contribution in [0, 0.1) is 0 Å². The van der Waals surface area contributed by atoms with Crippen molar-refractivity contribution in [2.75, 3.05) is 18.4 Å². The summed E-state index contributed by atoms with van der Waals surface area (Å²) in [5, 5.41) is 14.4. The number of imidazole rings is 1. The van der Waals surface area contributed by atoms with Crippen molar-refractivity contribution in [3.05, 3.63) is 53.3 Å². The fourth-order valence-corrected chi connectivity index (χ4v) is 3.81. The molecule has 0 atom stereocenters. The molecule has 3 heterocycles. The number of rotatable bonds is 4. The molecule has 0 radical (unpaired) electrons. The lowest BCUT2D eigenvalue weighted by atomic mass is 10.1. The largest absolute Gasteiger partial charge is 0.393 e. The van der Waals surface area contributed by atoms with E-state index in [-0.39, 0.29) is 12.0 Å².